The number of nitrogen functional groups attached to an aromatic ring is 1. The molecule has 1 aromatic heterocycles. The Balaban J connectivity index is 1.41. The minimum Gasteiger partial charge on any atom is -0.333 e. The quantitative estimate of drug-likeness (QED) is 0.398. The van der Waals surface area contributed by atoms with Crippen LogP contribution in [0.25, 0.3) is 0 Å². The van der Waals surface area contributed by atoms with E-state index in [-0.39, 0.29) is 18.2 Å². The number of aromatic nitrogens is 3. The number of amidine groups is 1. The molecule has 3 N–H and O–H groups in total. The first-order valence-electron chi connectivity index (χ1n) is 9.82. The van der Waals surface area contributed by atoms with Crippen molar-refractivity contribution in [2.24, 2.45) is 5.10 Å². The van der Waals surface area contributed by atoms with Gasteiger partial charge in [-0.3, -0.25) is 14.5 Å². The Bertz CT molecular complexity index is 1210. The third kappa shape index (κ3) is 4.89. The fraction of sp³-hybridized carbons (Fsp3) is 0.190. The number of nitrogens with one attached hydrogen (secondary N) is 1. The summed E-state index contributed by atoms with van der Waals surface area (Å²) in [6, 6.07) is 18.9. The number of nitrogens with two attached hydrogens (primary N) is 1. The molecule has 1 aliphatic heterocycles. The summed E-state index contributed by atoms with van der Waals surface area (Å²) in [4.78, 5) is 38.4. The molecule has 11 heteroatoms. The van der Waals surface area contributed by atoms with E-state index in [2.05, 4.69) is 15.6 Å². The van der Waals surface area contributed by atoms with E-state index in [1.807, 2.05) is 60.7 Å². The molecule has 10 nitrogen and oxygen atoms in total. The van der Waals surface area contributed by atoms with Crippen LogP contribution in [-0.2, 0) is 29.1 Å². The van der Waals surface area contributed by atoms with E-state index in [4.69, 9.17) is 5.84 Å². The number of benzene rings is 2. The molecule has 0 bridgehead atoms. The summed E-state index contributed by atoms with van der Waals surface area (Å²) in [5, 5.41) is 8.65. The van der Waals surface area contributed by atoms with Gasteiger partial charge in [0, 0.05) is 6.42 Å². The third-order valence-corrected chi connectivity index (χ3v) is 5.72. The average molecular weight is 452 g/mol. The zero-order valence-electron chi connectivity index (χ0n) is 17.0. The van der Waals surface area contributed by atoms with E-state index >= 15 is 0 Å². The van der Waals surface area contributed by atoms with Crippen molar-refractivity contribution in [1.82, 2.24) is 24.8 Å². The number of rotatable bonds is 7. The first kappa shape index (κ1) is 21.4. The number of nitrogens with zero attached hydrogens (tertiary/aromatic N) is 5. The zero-order valence-corrected chi connectivity index (χ0v) is 17.9. The first-order chi connectivity index (χ1) is 15.5. The van der Waals surface area contributed by atoms with Crippen LogP contribution in [-0.4, -0.2) is 42.1 Å². The van der Waals surface area contributed by atoms with E-state index in [0.717, 1.165) is 20.5 Å². The standard InChI is InChI=1S/C21H21N7O3S/c22-28-17(11-15-7-3-1-4-8-15)25-27(21(28)31)13-18(29)23-24-20-26(19(30)14-32-20)12-16-9-5-2-6-10-16/h1-10H,11-14,22H2,(H,23,29)/b24-20-. The Kier molecular flexibility index (Phi) is 6.36. The van der Waals surface area contributed by atoms with Crippen LogP contribution < -0.4 is 17.0 Å². The van der Waals surface area contributed by atoms with Gasteiger partial charge in [0.1, 0.15) is 6.54 Å². The molecule has 0 saturated carbocycles. The Labute approximate surface area is 187 Å². The number of carbonyl (C=O) groups is 2. The first-order valence-corrected chi connectivity index (χ1v) is 10.8. The molecular formula is C21H21N7O3S. The van der Waals surface area contributed by atoms with Crippen LogP contribution in [0.15, 0.2) is 70.6 Å². The lowest BCUT2D eigenvalue weighted by Gasteiger charge is -2.15. The summed E-state index contributed by atoms with van der Waals surface area (Å²) < 4.78 is 1.92. The van der Waals surface area contributed by atoms with Crippen LogP contribution in [0.3, 0.4) is 0 Å². The van der Waals surface area contributed by atoms with Gasteiger partial charge >= 0.3 is 5.69 Å². The Morgan fingerprint density at radius 3 is 2.41 bits per heavy atom. The molecular weight excluding hydrogens is 430 g/mol. The van der Waals surface area contributed by atoms with E-state index in [1.54, 1.807) is 0 Å². The summed E-state index contributed by atoms with van der Waals surface area (Å²) in [5.74, 6) is 5.77. The minimum absolute atomic E-state index is 0.0875. The summed E-state index contributed by atoms with van der Waals surface area (Å²) >= 11 is 1.24. The van der Waals surface area contributed by atoms with Crippen LogP contribution in [0, 0.1) is 0 Å². The van der Waals surface area contributed by atoms with E-state index in [0.29, 0.717) is 24.0 Å². The number of carbonyl (C=O) groups excluding carboxylic acids is 2. The summed E-state index contributed by atoms with van der Waals surface area (Å²) in [6.45, 7) is 0.0140. The number of amides is 2. The maximum Gasteiger partial charge on any atom is 0.365 e. The van der Waals surface area contributed by atoms with Crippen LogP contribution >= 0.6 is 11.8 Å². The number of hydrazone groups is 1. The maximum absolute atomic E-state index is 12.4. The topological polar surface area (TPSA) is 128 Å². The molecule has 2 amide bonds. The van der Waals surface area contributed by atoms with Gasteiger partial charge in [-0.15, -0.1) is 5.10 Å². The van der Waals surface area contributed by atoms with Crippen molar-refractivity contribution in [2.75, 3.05) is 11.6 Å². The lowest BCUT2D eigenvalue weighted by atomic mass is 10.1. The molecule has 1 saturated heterocycles. The van der Waals surface area contributed by atoms with Crippen molar-refractivity contribution in [3.63, 3.8) is 0 Å². The van der Waals surface area contributed by atoms with Gasteiger partial charge in [0.05, 0.1) is 12.3 Å². The highest BCUT2D eigenvalue weighted by Crippen LogP contribution is 2.21. The predicted octanol–water partition coefficient (Wildman–Crippen LogP) is 0.512. The Morgan fingerprint density at radius 2 is 1.72 bits per heavy atom. The van der Waals surface area contributed by atoms with Crippen molar-refractivity contribution in [2.45, 2.75) is 19.5 Å². The molecule has 1 aliphatic rings. The van der Waals surface area contributed by atoms with E-state index < -0.39 is 11.6 Å². The number of thioether (sulfide) groups is 1. The number of hydrogen-bond acceptors (Lipinski definition) is 7. The van der Waals surface area contributed by atoms with Gasteiger partial charge in [0.15, 0.2) is 11.0 Å². The number of hydrogen-bond donors (Lipinski definition) is 2. The molecule has 4 rings (SSSR count). The van der Waals surface area contributed by atoms with Gasteiger partial charge in [-0.2, -0.15) is 9.77 Å². The highest BCUT2D eigenvalue weighted by Gasteiger charge is 2.28. The molecule has 2 aromatic carbocycles. The van der Waals surface area contributed by atoms with Gasteiger partial charge in [-0.1, -0.05) is 72.4 Å². The predicted molar refractivity (Wildman–Crippen MR) is 121 cm³/mol. The molecule has 32 heavy (non-hydrogen) atoms. The minimum atomic E-state index is -0.602. The van der Waals surface area contributed by atoms with Crippen molar-refractivity contribution in [3.8, 4) is 0 Å². The zero-order chi connectivity index (χ0) is 22.5. The second-order valence-corrected chi connectivity index (χ2v) is 8.01. The van der Waals surface area contributed by atoms with Crippen LogP contribution in [0.4, 0.5) is 0 Å². The van der Waals surface area contributed by atoms with Gasteiger partial charge in [0.2, 0.25) is 5.91 Å². The van der Waals surface area contributed by atoms with Crippen molar-refractivity contribution in [1.29, 1.82) is 0 Å². The highest BCUT2D eigenvalue weighted by molar-refractivity contribution is 8.15. The molecule has 0 atom stereocenters. The van der Waals surface area contributed by atoms with Gasteiger partial charge in [-0.05, 0) is 11.1 Å². The molecule has 2 heterocycles. The second kappa shape index (κ2) is 9.52. The van der Waals surface area contributed by atoms with Crippen LogP contribution in [0.1, 0.15) is 17.0 Å². The fourth-order valence-electron chi connectivity index (χ4n) is 3.15. The SMILES string of the molecule is Nn1c(Cc2ccccc2)nn(CC(=O)N/N=C2\SCC(=O)N2Cc2ccccc2)c1=O. The van der Waals surface area contributed by atoms with E-state index in [1.165, 1.54) is 16.7 Å². The maximum atomic E-state index is 12.4. The molecule has 1 fully saturated rings. The van der Waals surface area contributed by atoms with Gasteiger partial charge in [-0.25, -0.2) is 14.9 Å². The van der Waals surface area contributed by atoms with Crippen LogP contribution in [0.2, 0.25) is 0 Å². The lowest BCUT2D eigenvalue weighted by molar-refractivity contribution is -0.125. The summed E-state index contributed by atoms with van der Waals surface area (Å²) in [5.41, 5.74) is 3.69. The van der Waals surface area contributed by atoms with E-state index in [9.17, 15) is 14.4 Å². The van der Waals surface area contributed by atoms with Gasteiger partial charge < -0.3 is 5.84 Å². The van der Waals surface area contributed by atoms with Crippen molar-refractivity contribution in [3.05, 3.63) is 88.1 Å². The third-order valence-electron chi connectivity index (χ3n) is 4.76. The van der Waals surface area contributed by atoms with Crippen LogP contribution in [0.5, 0.6) is 0 Å². The average Bonchev–Trinajstić information content (AvgIpc) is 3.28. The fourth-order valence-corrected chi connectivity index (χ4v) is 3.99. The van der Waals surface area contributed by atoms with Gasteiger partial charge in [0.25, 0.3) is 5.91 Å². The molecule has 0 unspecified atom stereocenters. The molecule has 3 aromatic rings. The Morgan fingerprint density at radius 1 is 1.06 bits per heavy atom. The summed E-state index contributed by atoms with van der Waals surface area (Å²) in [6.07, 6.45) is 0.358. The second-order valence-electron chi connectivity index (χ2n) is 7.07. The normalized spacial score (nSPS) is 14.8. The van der Waals surface area contributed by atoms with Crippen molar-refractivity contribution < 1.29 is 9.59 Å². The largest absolute Gasteiger partial charge is 0.365 e. The molecule has 0 aliphatic carbocycles. The monoisotopic (exact) mass is 451 g/mol. The molecule has 0 spiro atoms. The highest BCUT2D eigenvalue weighted by atomic mass is 32.2. The molecule has 0 radical (unpaired) electrons. The molecule has 164 valence electrons. The summed E-state index contributed by atoms with van der Waals surface area (Å²) in [7, 11) is 0. The van der Waals surface area contributed by atoms with Crippen molar-refractivity contribution >= 4 is 28.7 Å². The lowest BCUT2D eigenvalue weighted by Crippen LogP contribution is -2.35. The smallest absolute Gasteiger partial charge is 0.333 e. The Hall–Kier alpha value is -3.86.